The number of rotatable bonds is 2. The molecule has 1 aromatic carbocycles. The number of thiophene rings is 1. The number of benzene rings is 1. The monoisotopic (exact) mass is 261 g/mol. The average molecular weight is 261 g/mol. The Morgan fingerprint density at radius 1 is 1.17 bits per heavy atom. The minimum absolute atomic E-state index is 0.128. The van der Waals surface area contributed by atoms with E-state index < -0.39 is 0 Å². The highest BCUT2D eigenvalue weighted by Gasteiger charge is 2.20. The molecule has 1 fully saturated rings. The molecule has 0 amide bonds. The molecule has 1 aliphatic rings. The number of hydrogen-bond donors (Lipinski definition) is 1. The largest absolute Gasteiger partial charge is 0.310 e. The van der Waals surface area contributed by atoms with E-state index in [0.29, 0.717) is 6.04 Å². The van der Waals surface area contributed by atoms with Crippen molar-refractivity contribution in [2.45, 2.75) is 25.3 Å². The van der Waals surface area contributed by atoms with Crippen molar-refractivity contribution in [1.82, 2.24) is 5.32 Å². The van der Waals surface area contributed by atoms with Gasteiger partial charge in [0.05, 0.1) is 0 Å². The van der Waals surface area contributed by atoms with E-state index in [0.717, 1.165) is 23.4 Å². The lowest BCUT2D eigenvalue weighted by molar-refractivity contribution is 0.413. The molecule has 1 N–H and O–H groups in total. The van der Waals surface area contributed by atoms with E-state index >= 15 is 0 Å². The van der Waals surface area contributed by atoms with Crippen LogP contribution in [0.5, 0.6) is 0 Å². The van der Waals surface area contributed by atoms with E-state index in [9.17, 15) is 4.39 Å². The van der Waals surface area contributed by atoms with Gasteiger partial charge in [-0.15, -0.1) is 11.3 Å². The second-order valence-corrected chi connectivity index (χ2v) is 5.60. The molecule has 0 radical (unpaired) electrons. The average Bonchev–Trinajstić information content (AvgIpc) is 2.89. The molecule has 2 aromatic rings. The summed E-state index contributed by atoms with van der Waals surface area (Å²) >= 11 is 1.63. The van der Waals surface area contributed by atoms with Crippen molar-refractivity contribution in [3.63, 3.8) is 0 Å². The van der Waals surface area contributed by atoms with Crippen molar-refractivity contribution in [1.29, 1.82) is 0 Å². The molecule has 1 atom stereocenters. The Hall–Kier alpha value is -1.19. The fourth-order valence-electron chi connectivity index (χ4n) is 2.58. The second kappa shape index (κ2) is 5.21. The standard InChI is InChI=1S/C15H16FNS/c16-13-6-2-1-5-11(13)15-12(8-10-18-15)14-7-3-4-9-17-14/h1-2,5-6,8,10,14,17H,3-4,7,9H2. The maximum atomic E-state index is 13.9. The smallest absolute Gasteiger partial charge is 0.131 e. The maximum Gasteiger partial charge on any atom is 0.131 e. The molecule has 1 aliphatic heterocycles. The third-order valence-electron chi connectivity index (χ3n) is 3.50. The highest BCUT2D eigenvalue weighted by atomic mass is 32.1. The summed E-state index contributed by atoms with van der Waals surface area (Å²) in [6, 6.07) is 9.57. The number of hydrogen-bond acceptors (Lipinski definition) is 2. The fourth-order valence-corrected chi connectivity index (χ4v) is 3.56. The minimum atomic E-state index is -0.128. The van der Waals surface area contributed by atoms with Gasteiger partial charge >= 0.3 is 0 Å². The molecule has 18 heavy (non-hydrogen) atoms. The van der Waals surface area contributed by atoms with E-state index in [2.05, 4.69) is 16.8 Å². The molecule has 0 saturated carbocycles. The Bertz CT molecular complexity index is 529. The molecule has 1 unspecified atom stereocenters. The van der Waals surface area contributed by atoms with E-state index in [-0.39, 0.29) is 5.82 Å². The van der Waals surface area contributed by atoms with Crippen LogP contribution in [0, 0.1) is 5.82 Å². The molecular weight excluding hydrogens is 245 g/mol. The Labute approximate surface area is 111 Å². The van der Waals surface area contributed by atoms with Gasteiger partial charge in [0.25, 0.3) is 0 Å². The highest BCUT2D eigenvalue weighted by Crippen LogP contribution is 2.37. The molecule has 94 valence electrons. The molecule has 2 heterocycles. The van der Waals surface area contributed by atoms with E-state index in [1.165, 1.54) is 24.5 Å². The van der Waals surface area contributed by atoms with E-state index in [4.69, 9.17) is 0 Å². The Balaban J connectivity index is 1.98. The van der Waals surface area contributed by atoms with Crippen molar-refractivity contribution in [2.75, 3.05) is 6.54 Å². The van der Waals surface area contributed by atoms with Crippen LogP contribution in [-0.4, -0.2) is 6.54 Å². The Morgan fingerprint density at radius 2 is 2.06 bits per heavy atom. The molecule has 0 bridgehead atoms. The third kappa shape index (κ3) is 2.20. The van der Waals surface area contributed by atoms with Gasteiger partial charge in [0.2, 0.25) is 0 Å². The Kier molecular flexibility index (Phi) is 3.43. The van der Waals surface area contributed by atoms with Crippen molar-refractivity contribution in [3.8, 4) is 10.4 Å². The van der Waals surface area contributed by atoms with Crippen LogP contribution in [0.1, 0.15) is 30.9 Å². The summed E-state index contributed by atoms with van der Waals surface area (Å²) in [6.45, 7) is 1.07. The molecular formula is C15H16FNS. The van der Waals surface area contributed by atoms with Crippen molar-refractivity contribution in [3.05, 3.63) is 47.1 Å². The summed E-state index contributed by atoms with van der Waals surface area (Å²) in [7, 11) is 0. The number of nitrogens with one attached hydrogen (secondary N) is 1. The molecule has 1 nitrogen and oxygen atoms in total. The zero-order chi connectivity index (χ0) is 12.4. The first kappa shape index (κ1) is 11.9. The summed E-state index contributed by atoms with van der Waals surface area (Å²) in [5, 5.41) is 5.60. The molecule has 1 saturated heterocycles. The van der Waals surface area contributed by atoms with Crippen molar-refractivity contribution >= 4 is 11.3 Å². The van der Waals surface area contributed by atoms with E-state index in [1.807, 2.05) is 12.1 Å². The van der Waals surface area contributed by atoms with Gasteiger partial charge in [0, 0.05) is 16.5 Å². The normalized spacial score (nSPS) is 19.9. The zero-order valence-electron chi connectivity index (χ0n) is 10.2. The summed E-state index contributed by atoms with van der Waals surface area (Å²) < 4.78 is 13.9. The van der Waals surface area contributed by atoms with Crippen LogP contribution in [0.15, 0.2) is 35.7 Å². The van der Waals surface area contributed by atoms with Gasteiger partial charge in [-0.25, -0.2) is 4.39 Å². The van der Waals surface area contributed by atoms with Crippen LogP contribution in [0.25, 0.3) is 10.4 Å². The number of piperidine rings is 1. The molecule has 0 aliphatic carbocycles. The first-order valence-electron chi connectivity index (χ1n) is 6.42. The zero-order valence-corrected chi connectivity index (χ0v) is 11.0. The maximum absolute atomic E-state index is 13.9. The SMILES string of the molecule is Fc1ccccc1-c1sccc1C1CCCCN1. The minimum Gasteiger partial charge on any atom is -0.310 e. The predicted octanol–water partition coefficient (Wildman–Crippen LogP) is 4.37. The molecule has 1 aromatic heterocycles. The van der Waals surface area contributed by atoms with Crippen LogP contribution in [0.3, 0.4) is 0 Å². The van der Waals surface area contributed by atoms with Gasteiger partial charge in [-0.3, -0.25) is 0 Å². The lowest BCUT2D eigenvalue weighted by atomic mass is 9.96. The van der Waals surface area contributed by atoms with Crippen molar-refractivity contribution in [2.24, 2.45) is 0 Å². The van der Waals surface area contributed by atoms with Gasteiger partial charge in [-0.2, -0.15) is 0 Å². The fraction of sp³-hybridized carbons (Fsp3) is 0.333. The summed E-state index contributed by atoms with van der Waals surface area (Å²) in [5.74, 6) is -0.128. The lowest BCUT2D eigenvalue weighted by Gasteiger charge is -2.24. The summed E-state index contributed by atoms with van der Waals surface area (Å²) in [4.78, 5) is 1.08. The van der Waals surface area contributed by atoms with Gasteiger partial charge in [0.15, 0.2) is 0 Å². The van der Waals surface area contributed by atoms with Crippen LogP contribution >= 0.6 is 11.3 Å². The molecule has 3 rings (SSSR count). The second-order valence-electron chi connectivity index (χ2n) is 4.69. The quantitative estimate of drug-likeness (QED) is 0.846. The lowest BCUT2D eigenvalue weighted by Crippen LogP contribution is -2.26. The third-order valence-corrected chi connectivity index (χ3v) is 4.46. The Morgan fingerprint density at radius 3 is 2.83 bits per heavy atom. The predicted molar refractivity (Wildman–Crippen MR) is 74.3 cm³/mol. The van der Waals surface area contributed by atoms with Crippen LogP contribution in [0.4, 0.5) is 4.39 Å². The first-order valence-corrected chi connectivity index (χ1v) is 7.30. The van der Waals surface area contributed by atoms with E-state index in [1.54, 1.807) is 17.4 Å². The number of halogens is 1. The van der Waals surface area contributed by atoms with Gasteiger partial charge in [-0.1, -0.05) is 24.6 Å². The first-order chi connectivity index (χ1) is 8.86. The highest BCUT2D eigenvalue weighted by molar-refractivity contribution is 7.13. The molecule has 0 spiro atoms. The summed E-state index contributed by atoms with van der Waals surface area (Å²) in [5.41, 5.74) is 1.99. The van der Waals surface area contributed by atoms with Crippen LogP contribution in [-0.2, 0) is 0 Å². The van der Waals surface area contributed by atoms with Crippen LogP contribution < -0.4 is 5.32 Å². The summed E-state index contributed by atoms with van der Waals surface area (Å²) in [6.07, 6.45) is 3.65. The van der Waals surface area contributed by atoms with Gasteiger partial charge in [0.1, 0.15) is 5.82 Å². The van der Waals surface area contributed by atoms with Crippen molar-refractivity contribution < 1.29 is 4.39 Å². The van der Waals surface area contributed by atoms with Gasteiger partial charge < -0.3 is 5.32 Å². The molecule has 3 heteroatoms. The van der Waals surface area contributed by atoms with Gasteiger partial charge in [-0.05, 0) is 42.5 Å². The topological polar surface area (TPSA) is 12.0 Å². The van der Waals surface area contributed by atoms with Crippen LogP contribution in [0.2, 0.25) is 0 Å².